The Morgan fingerprint density at radius 2 is 1.63 bits per heavy atom. The Labute approximate surface area is 162 Å². The van der Waals surface area contributed by atoms with Gasteiger partial charge in [-0.15, -0.1) is 0 Å². The minimum atomic E-state index is -0.410. The van der Waals surface area contributed by atoms with Crippen LogP contribution in [0.2, 0.25) is 5.02 Å². The fourth-order valence-electron chi connectivity index (χ4n) is 2.88. The first-order valence-electron chi connectivity index (χ1n) is 8.55. The zero-order valence-electron chi connectivity index (χ0n) is 14.6. The van der Waals surface area contributed by atoms with Gasteiger partial charge in [-0.1, -0.05) is 59.6 Å². The molecule has 0 unspecified atom stereocenters. The maximum absolute atomic E-state index is 12.9. The van der Waals surface area contributed by atoms with Crippen LogP contribution in [-0.4, -0.2) is 11.0 Å². The van der Waals surface area contributed by atoms with Crippen LogP contribution in [0.4, 0.5) is 0 Å². The average molecular weight is 374 g/mol. The molecular formula is C23H16ClNO2. The van der Waals surface area contributed by atoms with Crippen molar-refractivity contribution in [3.8, 4) is 17.0 Å². The molecule has 0 saturated carbocycles. The molecule has 0 aliphatic heterocycles. The van der Waals surface area contributed by atoms with Crippen LogP contribution in [0.25, 0.3) is 22.2 Å². The van der Waals surface area contributed by atoms with E-state index in [2.05, 4.69) is 4.98 Å². The van der Waals surface area contributed by atoms with E-state index >= 15 is 0 Å². The van der Waals surface area contributed by atoms with Gasteiger partial charge in [0.2, 0.25) is 0 Å². The summed E-state index contributed by atoms with van der Waals surface area (Å²) in [5.41, 5.74) is 3.90. The lowest BCUT2D eigenvalue weighted by Crippen LogP contribution is -2.10. The topological polar surface area (TPSA) is 39.2 Å². The third-order valence-electron chi connectivity index (χ3n) is 4.31. The van der Waals surface area contributed by atoms with Crippen molar-refractivity contribution in [3.05, 3.63) is 95.0 Å². The van der Waals surface area contributed by atoms with Gasteiger partial charge in [-0.3, -0.25) is 0 Å². The molecule has 0 atom stereocenters. The fraction of sp³-hybridized carbons (Fsp3) is 0.0435. The van der Waals surface area contributed by atoms with E-state index in [1.165, 1.54) is 0 Å². The molecular weight excluding hydrogens is 358 g/mol. The first-order valence-corrected chi connectivity index (χ1v) is 8.92. The second kappa shape index (κ2) is 7.22. The van der Waals surface area contributed by atoms with Crippen molar-refractivity contribution >= 4 is 28.5 Å². The number of carbonyl (C=O) groups excluding carboxylic acids is 1. The molecule has 0 radical (unpaired) electrons. The number of benzene rings is 3. The molecule has 0 spiro atoms. The molecule has 0 aliphatic rings. The number of carbonyl (C=O) groups is 1. The molecule has 0 aliphatic carbocycles. The molecule has 0 bridgehead atoms. The average Bonchev–Trinajstić information content (AvgIpc) is 2.69. The van der Waals surface area contributed by atoms with Gasteiger partial charge >= 0.3 is 5.97 Å². The molecule has 0 saturated heterocycles. The Morgan fingerprint density at radius 3 is 2.37 bits per heavy atom. The number of rotatable bonds is 3. The molecule has 0 N–H and O–H groups in total. The van der Waals surface area contributed by atoms with Gasteiger partial charge in [0, 0.05) is 16.0 Å². The first kappa shape index (κ1) is 17.3. The summed E-state index contributed by atoms with van der Waals surface area (Å²) in [4.78, 5) is 17.6. The third kappa shape index (κ3) is 3.69. The van der Waals surface area contributed by atoms with Crippen molar-refractivity contribution in [2.45, 2.75) is 6.92 Å². The fourth-order valence-corrected chi connectivity index (χ4v) is 3.01. The number of pyridine rings is 1. The van der Waals surface area contributed by atoms with E-state index in [-0.39, 0.29) is 0 Å². The lowest BCUT2D eigenvalue weighted by Gasteiger charge is -2.10. The number of aromatic nitrogens is 1. The molecule has 4 aromatic rings. The van der Waals surface area contributed by atoms with Gasteiger partial charge in [0.25, 0.3) is 0 Å². The summed E-state index contributed by atoms with van der Waals surface area (Å²) in [6.45, 7) is 1.99. The van der Waals surface area contributed by atoms with Crippen LogP contribution in [0.5, 0.6) is 5.75 Å². The second-order valence-corrected chi connectivity index (χ2v) is 6.72. The van der Waals surface area contributed by atoms with E-state index in [1.807, 2.05) is 55.5 Å². The van der Waals surface area contributed by atoms with E-state index < -0.39 is 5.97 Å². The van der Waals surface area contributed by atoms with Crippen molar-refractivity contribution in [3.63, 3.8) is 0 Å². The lowest BCUT2D eigenvalue weighted by molar-refractivity contribution is 0.0737. The summed E-state index contributed by atoms with van der Waals surface area (Å²) < 4.78 is 5.59. The van der Waals surface area contributed by atoms with Crippen LogP contribution in [0, 0.1) is 6.92 Å². The number of ether oxygens (including phenoxy) is 1. The minimum Gasteiger partial charge on any atom is -0.423 e. The Hall–Kier alpha value is -3.17. The van der Waals surface area contributed by atoms with Crippen molar-refractivity contribution in [2.75, 3.05) is 0 Å². The highest BCUT2D eigenvalue weighted by atomic mass is 35.5. The van der Waals surface area contributed by atoms with Gasteiger partial charge in [-0.25, -0.2) is 9.78 Å². The molecule has 0 amide bonds. The number of nitrogens with zero attached hydrogens (tertiary/aromatic N) is 1. The normalized spacial score (nSPS) is 10.7. The number of para-hydroxylation sites is 1. The smallest absolute Gasteiger partial charge is 0.344 e. The quantitative estimate of drug-likeness (QED) is 0.322. The zero-order chi connectivity index (χ0) is 18.8. The molecule has 1 heterocycles. The molecule has 132 valence electrons. The summed E-state index contributed by atoms with van der Waals surface area (Å²) in [6, 6.07) is 24.1. The Bertz CT molecular complexity index is 1120. The van der Waals surface area contributed by atoms with E-state index in [9.17, 15) is 4.79 Å². The summed E-state index contributed by atoms with van der Waals surface area (Å²) >= 11 is 5.98. The van der Waals surface area contributed by atoms with Crippen LogP contribution >= 0.6 is 11.6 Å². The lowest BCUT2D eigenvalue weighted by atomic mass is 10.0. The highest BCUT2D eigenvalue weighted by molar-refractivity contribution is 6.30. The van der Waals surface area contributed by atoms with Crippen LogP contribution in [0.3, 0.4) is 0 Å². The van der Waals surface area contributed by atoms with Crippen molar-refractivity contribution in [1.82, 2.24) is 4.98 Å². The maximum Gasteiger partial charge on any atom is 0.344 e. The van der Waals surface area contributed by atoms with Gasteiger partial charge in [-0.05, 0) is 43.3 Å². The van der Waals surface area contributed by atoms with Gasteiger partial charge < -0.3 is 4.74 Å². The van der Waals surface area contributed by atoms with Crippen LogP contribution in [0.1, 0.15) is 15.9 Å². The van der Waals surface area contributed by atoms with Crippen molar-refractivity contribution < 1.29 is 9.53 Å². The number of hydrogen-bond acceptors (Lipinski definition) is 3. The highest BCUT2D eigenvalue weighted by Crippen LogP contribution is 2.27. The van der Waals surface area contributed by atoms with Crippen molar-refractivity contribution in [1.29, 1.82) is 0 Å². The SMILES string of the molecule is Cc1ccc(OC(=O)c2cc(-c3ccc(Cl)cc3)nc3ccccc23)cc1. The van der Waals surface area contributed by atoms with E-state index in [0.717, 1.165) is 22.0 Å². The van der Waals surface area contributed by atoms with E-state index in [1.54, 1.807) is 30.3 Å². The Balaban J connectivity index is 1.79. The number of fused-ring (bicyclic) bond motifs is 1. The summed E-state index contributed by atoms with van der Waals surface area (Å²) in [7, 11) is 0. The summed E-state index contributed by atoms with van der Waals surface area (Å²) in [5, 5.41) is 1.41. The number of hydrogen-bond donors (Lipinski definition) is 0. The van der Waals surface area contributed by atoms with Crippen molar-refractivity contribution in [2.24, 2.45) is 0 Å². The van der Waals surface area contributed by atoms with Crippen LogP contribution in [-0.2, 0) is 0 Å². The molecule has 3 nitrogen and oxygen atoms in total. The zero-order valence-corrected chi connectivity index (χ0v) is 15.4. The largest absolute Gasteiger partial charge is 0.423 e. The predicted molar refractivity (Wildman–Crippen MR) is 108 cm³/mol. The standard InChI is InChI=1S/C23H16ClNO2/c1-15-6-12-18(13-7-15)27-23(26)20-14-22(16-8-10-17(24)11-9-16)25-21-5-3-2-4-19(20)21/h2-14H,1H3. The molecule has 3 aromatic carbocycles. The van der Waals surface area contributed by atoms with Gasteiger partial charge in [0.05, 0.1) is 16.8 Å². The Morgan fingerprint density at radius 1 is 0.926 bits per heavy atom. The maximum atomic E-state index is 12.9. The molecule has 4 heteroatoms. The number of halogens is 1. The van der Waals surface area contributed by atoms with Crippen LogP contribution < -0.4 is 4.74 Å². The van der Waals surface area contributed by atoms with E-state index in [0.29, 0.717) is 22.0 Å². The molecule has 4 rings (SSSR count). The van der Waals surface area contributed by atoms with Crippen LogP contribution in [0.15, 0.2) is 78.9 Å². The third-order valence-corrected chi connectivity index (χ3v) is 4.56. The number of esters is 1. The summed E-state index contributed by atoms with van der Waals surface area (Å²) in [6.07, 6.45) is 0. The highest BCUT2D eigenvalue weighted by Gasteiger charge is 2.16. The summed E-state index contributed by atoms with van der Waals surface area (Å²) in [5.74, 6) is 0.104. The Kier molecular flexibility index (Phi) is 4.61. The van der Waals surface area contributed by atoms with Gasteiger partial charge in [-0.2, -0.15) is 0 Å². The second-order valence-electron chi connectivity index (χ2n) is 6.28. The van der Waals surface area contributed by atoms with Gasteiger partial charge in [0.15, 0.2) is 0 Å². The molecule has 1 aromatic heterocycles. The van der Waals surface area contributed by atoms with Gasteiger partial charge in [0.1, 0.15) is 5.75 Å². The molecule has 0 fully saturated rings. The first-order chi connectivity index (χ1) is 13.1. The number of aryl methyl sites for hydroxylation is 1. The predicted octanol–water partition coefficient (Wildman–Crippen LogP) is 6.08. The van der Waals surface area contributed by atoms with E-state index in [4.69, 9.17) is 16.3 Å². The molecule has 27 heavy (non-hydrogen) atoms. The minimum absolute atomic E-state index is 0.410. The monoisotopic (exact) mass is 373 g/mol.